The van der Waals surface area contributed by atoms with Crippen molar-refractivity contribution in [2.24, 2.45) is 5.41 Å². The molecule has 0 saturated carbocycles. The topological polar surface area (TPSA) is 76.1 Å². The minimum atomic E-state index is -0.869. The van der Waals surface area contributed by atoms with E-state index in [9.17, 15) is 9.59 Å². The van der Waals surface area contributed by atoms with Gasteiger partial charge in [-0.2, -0.15) is 0 Å². The van der Waals surface area contributed by atoms with Gasteiger partial charge in [-0.1, -0.05) is 6.07 Å². The highest BCUT2D eigenvalue weighted by atomic mass is 16.5. The lowest BCUT2D eigenvalue weighted by atomic mass is 9.90. The minimum Gasteiger partial charge on any atom is -0.497 e. The number of benzene rings is 1. The van der Waals surface area contributed by atoms with Crippen LogP contribution in [0.3, 0.4) is 0 Å². The number of carbonyl (C=O) groups excluding carboxylic acids is 1. The SMILES string of the molecule is COc1cccc(OCC(=O)N2CCC(C)(C(=O)O)C2)c1. The Morgan fingerprint density at radius 1 is 1.38 bits per heavy atom. The average Bonchev–Trinajstić information content (AvgIpc) is 2.89. The Kier molecular flexibility index (Phi) is 4.35. The van der Waals surface area contributed by atoms with E-state index in [4.69, 9.17) is 14.6 Å². The van der Waals surface area contributed by atoms with Crippen LogP contribution in [0.4, 0.5) is 0 Å². The van der Waals surface area contributed by atoms with Crippen molar-refractivity contribution in [3.63, 3.8) is 0 Å². The molecule has 0 radical (unpaired) electrons. The summed E-state index contributed by atoms with van der Waals surface area (Å²) in [4.78, 5) is 24.8. The van der Waals surface area contributed by atoms with E-state index in [-0.39, 0.29) is 19.1 Å². The Morgan fingerprint density at radius 3 is 2.71 bits per heavy atom. The van der Waals surface area contributed by atoms with Crippen LogP contribution in [0.2, 0.25) is 0 Å². The lowest BCUT2D eigenvalue weighted by Gasteiger charge is -2.20. The van der Waals surface area contributed by atoms with Crippen LogP contribution in [-0.4, -0.2) is 48.7 Å². The van der Waals surface area contributed by atoms with Crippen LogP contribution in [0.1, 0.15) is 13.3 Å². The maximum atomic E-state index is 12.1. The summed E-state index contributed by atoms with van der Waals surface area (Å²) in [5.74, 6) is 0.122. The maximum Gasteiger partial charge on any atom is 0.311 e. The Labute approximate surface area is 123 Å². The van der Waals surface area contributed by atoms with Gasteiger partial charge in [-0.05, 0) is 25.5 Å². The quantitative estimate of drug-likeness (QED) is 0.888. The number of ether oxygens (including phenoxy) is 2. The smallest absolute Gasteiger partial charge is 0.311 e. The number of nitrogens with zero attached hydrogens (tertiary/aromatic N) is 1. The van der Waals surface area contributed by atoms with Crippen molar-refractivity contribution in [2.45, 2.75) is 13.3 Å². The van der Waals surface area contributed by atoms with Crippen LogP contribution in [0.25, 0.3) is 0 Å². The fourth-order valence-electron chi connectivity index (χ4n) is 2.28. The number of carboxylic acids is 1. The highest BCUT2D eigenvalue weighted by Crippen LogP contribution is 2.30. The second kappa shape index (κ2) is 6.03. The van der Waals surface area contributed by atoms with E-state index in [0.29, 0.717) is 24.5 Å². The van der Waals surface area contributed by atoms with Gasteiger partial charge in [0.15, 0.2) is 6.61 Å². The number of aliphatic carboxylic acids is 1. The van der Waals surface area contributed by atoms with Crippen molar-refractivity contribution < 1.29 is 24.2 Å². The highest BCUT2D eigenvalue weighted by Gasteiger charge is 2.42. The van der Waals surface area contributed by atoms with Gasteiger partial charge in [0.1, 0.15) is 11.5 Å². The standard InChI is InChI=1S/C15H19NO5/c1-15(14(18)19)6-7-16(10-15)13(17)9-21-12-5-3-4-11(8-12)20-2/h3-5,8H,6-7,9-10H2,1-2H3,(H,18,19). The van der Waals surface area contributed by atoms with E-state index in [0.717, 1.165) is 0 Å². The molecule has 1 unspecified atom stereocenters. The van der Waals surface area contributed by atoms with Crippen molar-refractivity contribution in [3.05, 3.63) is 24.3 Å². The van der Waals surface area contributed by atoms with Crippen LogP contribution in [0, 0.1) is 5.41 Å². The van der Waals surface area contributed by atoms with E-state index in [2.05, 4.69) is 0 Å². The number of rotatable bonds is 5. The largest absolute Gasteiger partial charge is 0.497 e. The first-order chi connectivity index (χ1) is 9.94. The maximum absolute atomic E-state index is 12.1. The first-order valence-electron chi connectivity index (χ1n) is 6.73. The fraction of sp³-hybridized carbons (Fsp3) is 0.467. The molecule has 1 atom stereocenters. The highest BCUT2D eigenvalue weighted by molar-refractivity contribution is 5.81. The van der Waals surface area contributed by atoms with Gasteiger partial charge in [0.25, 0.3) is 5.91 Å². The molecule has 6 nitrogen and oxygen atoms in total. The monoisotopic (exact) mass is 293 g/mol. The second-order valence-electron chi connectivity index (χ2n) is 5.40. The normalized spacial score (nSPS) is 21.1. The zero-order chi connectivity index (χ0) is 15.5. The molecular weight excluding hydrogens is 274 g/mol. The van der Waals surface area contributed by atoms with Crippen molar-refractivity contribution in [1.82, 2.24) is 4.90 Å². The predicted octanol–water partition coefficient (Wildman–Crippen LogP) is 1.40. The van der Waals surface area contributed by atoms with Crippen LogP contribution >= 0.6 is 0 Å². The van der Waals surface area contributed by atoms with Gasteiger partial charge in [-0.3, -0.25) is 9.59 Å². The van der Waals surface area contributed by atoms with Gasteiger partial charge in [-0.15, -0.1) is 0 Å². The first-order valence-corrected chi connectivity index (χ1v) is 6.73. The predicted molar refractivity (Wildman–Crippen MR) is 75.4 cm³/mol. The van der Waals surface area contributed by atoms with Crippen LogP contribution in [0.5, 0.6) is 11.5 Å². The number of hydrogen-bond donors (Lipinski definition) is 1. The molecule has 2 rings (SSSR count). The van der Waals surface area contributed by atoms with Crippen molar-refractivity contribution in [2.75, 3.05) is 26.8 Å². The van der Waals surface area contributed by atoms with Gasteiger partial charge >= 0.3 is 5.97 Å². The third-order valence-corrected chi connectivity index (χ3v) is 3.75. The molecule has 1 amide bonds. The average molecular weight is 293 g/mol. The van der Waals surface area contributed by atoms with Crippen molar-refractivity contribution in [1.29, 1.82) is 0 Å². The summed E-state index contributed by atoms with van der Waals surface area (Å²) in [5.41, 5.74) is -0.856. The van der Waals surface area contributed by atoms with Crippen molar-refractivity contribution in [3.8, 4) is 11.5 Å². The summed E-state index contributed by atoms with van der Waals surface area (Å²) < 4.78 is 10.5. The summed E-state index contributed by atoms with van der Waals surface area (Å²) >= 11 is 0. The molecule has 1 aromatic rings. The molecule has 6 heteroatoms. The van der Waals surface area contributed by atoms with Crippen LogP contribution < -0.4 is 9.47 Å². The van der Waals surface area contributed by atoms with E-state index < -0.39 is 11.4 Å². The number of amides is 1. The Hall–Kier alpha value is -2.24. The van der Waals surface area contributed by atoms with Gasteiger partial charge in [0.2, 0.25) is 0 Å². The van der Waals surface area contributed by atoms with Crippen LogP contribution in [-0.2, 0) is 9.59 Å². The lowest BCUT2D eigenvalue weighted by molar-refractivity contribution is -0.147. The molecule has 21 heavy (non-hydrogen) atoms. The second-order valence-corrected chi connectivity index (χ2v) is 5.40. The Bertz CT molecular complexity index is 545. The number of hydrogen-bond acceptors (Lipinski definition) is 4. The number of methoxy groups -OCH3 is 1. The molecule has 0 bridgehead atoms. The molecule has 114 valence electrons. The summed E-state index contributed by atoms with van der Waals surface area (Å²) in [6.45, 7) is 2.22. The minimum absolute atomic E-state index is 0.108. The first kappa shape index (κ1) is 15.2. The molecule has 0 spiro atoms. The molecule has 1 aliphatic heterocycles. The summed E-state index contributed by atoms with van der Waals surface area (Å²) in [7, 11) is 1.56. The third-order valence-electron chi connectivity index (χ3n) is 3.75. The molecule has 1 aliphatic rings. The van der Waals surface area contributed by atoms with Gasteiger partial charge in [0.05, 0.1) is 12.5 Å². The van der Waals surface area contributed by atoms with Gasteiger partial charge < -0.3 is 19.5 Å². The molecule has 1 aromatic carbocycles. The molecule has 0 aliphatic carbocycles. The summed E-state index contributed by atoms with van der Waals surface area (Å²) in [6, 6.07) is 6.99. The Balaban J connectivity index is 1.89. The molecule has 1 heterocycles. The lowest BCUT2D eigenvalue weighted by Crippen LogP contribution is -2.37. The van der Waals surface area contributed by atoms with Gasteiger partial charge in [-0.25, -0.2) is 0 Å². The summed E-state index contributed by atoms with van der Waals surface area (Å²) in [6.07, 6.45) is 0.466. The molecule has 1 fully saturated rings. The zero-order valence-electron chi connectivity index (χ0n) is 12.2. The van der Waals surface area contributed by atoms with Crippen molar-refractivity contribution >= 4 is 11.9 Å². The molecule has 0 aromatic heterocycles. The molecule has 1 N–H and O–H groups in total. The number of carboxylic acid groups (broad SMARTS) is 1. The van der Waals surface area contributed by atoms with E-state index in [1.165, 1.54) is 4.90 Å². The Morgan fingerprint density at radius 2 is 2.10 bits per heavy atom. The zero-order valence-corrected chi connectivity index (χ0v) is 12.2. The molecule has 1 saturated heterocycles. The number of likely N-dealkylation sites (tertiary alicyclic amines) is 1. The van der Waals surface area contributed by atoms with Gasteiger partial charge in [0, 0.05) is 19.2 Å². The van der Waals surface area contributed by atoms with E-state index in [1.54, 1.807) is 38.3 Å². The van der Waals surface area contributed by atoms with Crippen LogP contribution in [0.15, 0.2) is 24.3 Å². The third kappa shape index (κ3) is 3.45. The molecular formula is C15H19NO5. The summed E-state index contributed by atoms with van der Waals surface area (Å²) in [5, 5.41) is 9.15. The number of carbonyl (C=O) groups is 2. The fourth-order valence-corrected chi connectivity index (χ4v) is 2.28. The van der Waals surface area contributed by atoms with E-state index in [1.807, 2.05) is 0 Å². The van der Waals surface area contributed by atoms with E-state index >= 15 is 0 Å².